The quantitative estimate of drug-likeness (QED) is 0.842. The highest BCUT2D eigenvalue weighted by molar-refractivity contribution is 5.30. The van der Waals surface area contributed by atoms with E-state index in [-0.39, 0.29) is 11.6 Å². The Hall–Kier alpha value is -1.02. The van der Waals surface area contributed by atoms with Crippen molar-refractivity contribution in [2.75, 3.05) is 7.05 Å². The van der Waals surface area contributed by atoms with Gasteiger partial charge in [0.1, 0.15) is 5.75 Å². The van der Waals surface area contributed by atoms with E-state index in [0.29, 0.717) is 5.92 Å². The number of hydrogen-bond donors (Lipinski definition) is 1. The van der Waals surface area contributed by atoms with Gasteiger partial charge < -0.3 is 10.1 Å². The van der Waals surface area contributed by atoms with Gasteiger partial charge >= 0.3 is 0 Å². The molecule has 0 bridgehead atoms. The highest BCUT2D eigenvalue weighted by Gasteiger charge is 2.24. The van der Waals surface area contributed by atoms with E-state index >= 15 is 0 Å². The van der Waals surface area contributed by atoms with Crippen molar-refractivity contribution in [3.8, 4) is 5.75 Å². The number of hydrogen-bond acceptors (Lipinski definition) is 2. The lowest BCUT2D eigenvalue weighted by molar-refractivity contribution is 0.242. The summed E-state index contributed by atoms with van der Waals surface area (Å²) in [7, 11) is 2.01. The smallest absolute Gasteiger partial charge is 0.119 e. The Balaban J connectivity index is 2.80. The molecule has 0 aliphatic carbocycles. The monoisotopic (exact) mass is 235 g/mol. The molecule has 96 valence electrons. The molecule has 1 unspecified atom stereocenters. The standard InChI is InChI=1S/C15H25NO/c1-11(2)17-14-9-7-13(8-10-14)12(3)15(4,5)16-6/h7-12,16H,1-6H3. The van der Waals surface area contributed by atoms with E-state index in [4.69, 9.17) is 4.74 Å². The first-order valence-electron chi connectivity index (χ1n) is 6.32. The molecule has 0 saturated heterocycles. The zero-order valence-corrected chi connectivity index (χ0v) is 11.9. The molecule has 0 heterocycles. The van der Waals surface area contributed by atoms with Gasteiger partial charge in [-0.2, -0.15) is 0 Å². The SMILES string of the molecule is CNC(C)(C)C(C)c1ccc(OC(C)C)cc1. The Labute approximate surface area is 105 Å². The molecule has 2 nitrogen and oxygen atoms in total. The van der Waals surface area contributed by atoms with Gasteiger partial charge in [-0.1, -0.05) is 19.1 Å². The Morgan fingerprint density at radius 2 is 1.59 bits per heavy atom. The minimum atomic E-state index is 0.0976. The first-order valence-corrected chi connectivity index (χ1v) is 6.32. The second-order valence-electron chi connectivity index (χ2n) is 5.43. The molecule has 17 heavy (non-hydrogen) atoms. The Morgan fingerprint density at radius 3 is 2.00 bits per heavy atom. The predicted octanol–water partition coefficient (Wildman–Crippen LogP) is 3.58. The van der Waals surface area contributed by atoms with E-state index in [9.17, 15) is 0 Å². The van der Waals surface area contributed by atoms with Crippen molar-refractivity contribution in [1.82, 2.24) is 5.32 Å². The van der Waals surface area contributed by atoms with Gasteiger partial charge in [-0.15, -0.1) is 0 Å². The van der Waals surface area contributed by atoms with Crippen LogP contribution in [0.4, 0.5) is 0 Å². The lowest BCUT2D eigenvalue weighted by Crippen LogP contribution is -2.41. The van der Waals surface area contributed by atoms with Gasteiger partial charge in [0.15, 0.2) is 0 Å². The summed E-state index contributed by atoms with van der Waals surface area (Å²) < 4.78 is 5.65. The van der Waals surface area contributed by atoms with E-state index in [1.54, 1.807) is 0 Å². The van der Waals surface area contributed by atoms with Crippen LogP contribution in [0.15, 0.2) is 24.3 Å². The van der Waals surface area contributed by atoms with Gasteiger partial charge in [-0.25, -0.2) is 0 Å². The first-order chi connectivity index (χ1) is 7.86. The number of nitrogens with one attached hydrogen (secondary N) is 1. The summed E-state index contributed by atoms with van der Waals surface area (Å²) >= 11 is 0. The zero-order valence-electron chi connectivity index (χ0n) is 11.9. The fourth-order valence-corrected chi connectivity index (χ4v) is 1.74. The molecule has 2 heteroatoms. The van der Waals surface area contributed by atoms with Crippen LogP contribution in [0.2, 0.25) is 0 Å². The molecule has 0 aliphatic rings. The second-order valence-corrected chi connectivity index (χ2v) is 5.43. The molecule has 0 aliphatic heterocycles. The summed E-state index contributed by atoms with van der Waals surface area (Å²) in [5.74, 6) is 1.40. The van der Waals surface area contributed by atoms with Crippen molar-refractivity contribution >= 4 is 0 Å². The van der Waals surface area contributed by atoms with Crippen molar-refractivity contribution in [3.05, 3.63) is 29.8 Å². The molecular weight excluding hydrogens is 210 g/mol. The third kappa shape index (κ3) is 3.74. The number of benzene rings is 1. The summed E-state index contributed by atoms with van der Waals surface area (Å²) in [5, 5.41) is 3.36. The molecule has 0 saturated carbocycles. The Morgan fingerprint density at radius 1 is 1.06 bits per heavy atom. The zero-order chi connectivity index (χ0) is 13.1. The summed E-state index contributed by atoms with van der Waals surface area (Å²) in [6, 6.07) is 8.41. The van der Waals surface area contributed by atoms with E-state index in [1.165, 1.54) is 5.56 Å². The Bertz CT molecular complexity index is 340. The van der Waals surface area contributed by atoms with Gasteiger partial charge in [-0.05, 0) is 58.4 Å². The van der Waals surface area contributed by atoms with Gasteiger partial charge in [0.25, 0.3) is 0 Å². The van der Waals surface area contributed by atoms with Crippen LogP contribution in [0.5, 0.6) is 5.75 Å². The third-order valence-corrected chi connectivity index (χ3v) is 3.48. The summed E-state index contributed by atoms with van der Waals surface area (Å²) in [5.41, 5.74) is 1.43. The molecule has 1 N–H and O–H groups in total. The van der Waals surface area contributed by atoms with E-state index in [1.807, 2.05) is 20.9 Å². The lowest BCUT2D eigenvalue weighted by Gasteiger charge is -2.32. The lowest BCUT2D eigenvalue weighted by atomic mass is 9.83. The maximum atomic E-state index is 5.65. The van der Waals surface area contributed by atoms with Gasteiger partial charge in [0, 0.05) is 5.54 Å². The maximum absolute atomic E-state index is 5.65. The number of rotatable bonds is 5. The summed E-state index contributed by atoms with van der Waals surface area (Å²) in [6.45, 7) is 10.8. The number of likely N-dealkylation sites (N-methyl/N-ethyl adjacent to an activating group) is 1. The van der Waals surface area contributed by atoms with Gasteiger partial charge in [0.05, 0.1) is 6.10 Å². The van der Waals surface area contributed by atoms with Crippen LogP contribution in [-0.4, -0.2) is 18.7 Å². The topological polar surface area (TPSA) is 21.3 Å². The number of ether oxygens (including phenoxy) is 1. The van der Waals surface area contributed by atoms with Crippen LogP contribution in [0, 0.1) is 0 Å². The summed E-state index contributed by atoms with van der Waals surface area (Å²) in [6.07, 6.45) is 0.229. The largest absolute Gasteiger partial charge is 0.491 e. The van der Waals surface area contributed by atoms with Crippen LogP contribution in [0.1, 0.15) is 46.1 Å². The third-order valence-electron chi connectivity index (χ3n) is 3.48. The normalized spacial score (nSPS) is 13.8. The molecule has 0 spiro atoms. The molecule has 1 rings (SSSR count). The molecule has 0 fully saturated rings. The van der Waals surface area contributed by atoms with Crippen LogP contribution in [0.3, 0.4) is 0 Å². The summed E-state index contributed by atoms with van der Waals surface area (Å²) in [4.78, 5) is 0. The average molecular weight is 235 g/mol. The van der Waals surface area contributed by atoms with Gasteiger partial charge in [-0.3, -0.25) is 0 Å². The Kier molecular flexibility index (Phi) is 4.58. The van der Waals surface area contributed by atoms with Crippen LogP contribution < -0.4 is 10.1 Å². The molecular formula is C15H25NO. The molecule has 1 aromatic rings. The predicted molar refractivity (Wildman–Crippen MR) is 73.8 cm³/mol. The maximum Gasteiger partial charge on any atom is 0.119 e. The molecule has 1 atom stereocenters. The van der Waals surface area contributed by atoms with Crippen molar-refractivity contribution in [2.45, 2.75) is 52.2 Å². The molecule has 1 aromatic carbocycles. The second kappa shape index (κ2) is 5.54. The van der Waals surface area contributed by atoms with Gasteiger partial charge in [0.2, 0.25) is 0 Å². The molecule has 0 radical (unpaired) electrons. The molecule has 0 amide bonds. The van der Waals surface area contributed by atoms with Crippen LogP contribution >= 0.6 is 0 Å². The highest BCUT2D eigenvalue weighted by Crippen LogP contribution is 2.28. The molecule has 0 aromatic heterocycles. The van der Waals surface area contributed by atoms with Crippen molar-refractivity contribution in [1.29, 1.82) is 0 Å². The minimum Gasteiger partial charge on any atom is -0.491 e. The highest BCUT2D eigenvalue weighted by atomic mass is 16.5. The van der Waals surface area contributed by atoms with Crippen molar-refractivity contribution in [2.24, 2.45) is 0 Å². The average Bonchev–Trinajstić information content (AvgIpc) is 2.28. The van der Waals surface area contributed by atoms with E-state index in [2.05, 4.69) is 50.4 Å². The van der Waals surface area contributed by atoms with E-state index in [0.717, 1.165) is 5.75 Å². The van der Waals surface area contributed by atoms with Crippen molar-refractivity contribution in [3.63, 3.8) is 0 Å². The van der Waals surface area contributed by atoms with Crippen LogP contribution in [0.25, 0.3) is 0 Å². The fourth-order valence-electron chi connectivity index (χ4n) is 1.74. The van der Waals surface area contributed by atoms with E-state index < -0.39 is 0 Å². The first kappa shape index (κ1) is 14.0. The minimum absolute atomic E-state index is 0.0976. The van der Waals surface area contributed by atoms with Crippen molar-refractivity contribution < 1.29 is 4.74 Å². The fraction of sp³-hybridized carbons (Fsp3) is 0.600. The van der Waals surface area contributed by atoms with Crippen LogP contribution in [-0.2, 0) is 0 Å².